The Morgan fingerprint density at radius 2 is 1.76 bits per heavy atom. The summed E-state index contributed by atoms with van der Waals surface area (Å²) in [4.78, 5) is 14.6. The van der Waals surface area contributed by atoms with Crippen molar-refractivity contribution in [2.45, 2.75) is 24.8 Å². The zero-order chi connectivity index (χ0) is 23.2. The molecule has 0 radical (unpaired) electrons. The molecular formula is C22H21FN6O2S2. The Labute approximate surface area is 198 Å². The maximum Gasteiger partial charge on any atom is 0.286 e. The number of aromatic nitrogens is 4. The molecule has 0 bridgehead atoms. The number of benzene rings is 2. The Hall–Kier alpha value is -3.31. The molecule has 0 atom stereocenters. The summed E-state index contributed by atoms with van der Waals surface area (Å²) in [6, 6.07) is 13.5. The zero-order valence-electron chi connectivity index (χ0n) is 18.0. The van der Waals surface area contributed by atoms with Gasteiger partial charge in [-0.3, -0.25) is 4.79 Å². The maximum absolute atomic E-state index is 13.0. The average molecular weight is 485 g/mol. The number of rotatable bonds is 9. The number of carbonyl (C=O) groups is 1. The SMILES string of the molecule is CCN(CC)c1ccc(-c2nnc(SCc3nnc(C(=O)Nc4ccc(F)cc4)s3)o2)cc1. The first kappa shape index (κ1) is 22.9. The lowest BCUT2D eigenvalue weighted by atomic mass is 10.2. The van der Waals surface area contributed by atoms with Gasteiger partial charge >= 0.3 is 0 Å². The predicted molar refractivity (Wildman–Crippen MR) is 127 cm³/mol. The summed E-state index contributed by atoms with van der Waals surface area (Å²) < 4.78 is 18.8. The van der Waals surface area contributed by atoms with E-state index < -0.39 is 5.91 Å². The van der Waals surface area contributed by atoms with Gasteiger partial charge in [-0.1, -0.05) is 23.1 Å². The third kappa shape index (κ3) is 5.74. The van der Waals surface area contributed by atoms with Crippen molar-refractivity contribution < 1.29 is 13.6 Å². The molecule has 4 aromatic rings. The van der Waals surface area contributed by atoms with Crippen LogP contribution in [0.3, 0.4) is 0 Å². The minimum Gasteiger partial charge on any atom is -0.411 e. The summed E-state index contributed by atoms with van der Waals surface area (Å²) in [5.41, 5.74) is 2.48. The predicted octanol–water partition coefficient (Wildman–Crippen LogP) is 5.12. The van der Waals surface area contributed by atoms with E-state index in [4.69, 9.17) is 4.42 Å². The number of nitrogens with zero attached hydrogens (tertiary/aromatic N) is 5. The van der Waals surface area contributed by atoms with Gasteiger partial charge in [-0.15, -0.1) is 20.4 Å². The summed E-state index contributed by atoms with van der Waals surface area (Å²) in [6.07, 6.45) is 0. The Morgan fingerprint density at radius 1 is 1.03 bits per heavy atom. The highest BCUT2D eigenvalue weighted by molar-refractivity contribution is 7.98. The van der Waals surface area contributed by atoms with Gasteiger partial charge in [0.05, 0.1) is 5.75 Å². The fourth-order valence-corrected chi connectivity index (χ4v) is 4.52. The van der Waals surface area contributed by atoms with Crippen molar-refractivity contribution in [1.29, 1.82) is 0 Å². The quantitative estimate of drug-likeness (QED) is 0.327. The van der Waals surface area contributed by atoms with E-state index >= 15 is 0 Å². The number of carbonyl (C=O) groups excluding carboxylic acids is 1. The van der Waals surface area contributed by atoms with Gasteiger partial charge in [0, 0.05) is 30.0 Å². The molecule has 11 heteroatoms. The smallest absolute Gasteiger partial charge is 0.286 e. The van der Waals surface area contributed by atoms with Gasteiger partial charge in [-0.05, 0) is 62.4 Å². The summed E-state index contributed by atoms with van der Waals surface area (Å²) in [5, 5.41) is 20.1. The summed E-state index contributed by atoms with van der Waals surface area (Å²) in [5.74, 6) is 0.109. The van der Waals surface area contributed by atoms with Crippen molar-refractivity contribution >= 4 is 40.4 Å². The Kier molecular flexibility index (Phi) is 7.30. The van der Waals surface area contributed by atoms with E-state index in [2.05, 4.69) is 44.5 Å². The molecule has 1 N–H and O–H groups in total. The average Bonchev–Trinajstić information content (AvgIpc) is 3.50. The molecule has 2 aromatic heterocycles. The molecule has 4 rings (SSSR count). The van der Waals surface area contributed by atoms with Crippen molar-refractivity contribution in [2.75, 3.05) is 23.3 Å². The molecule has 0 unspecified atom stereocenters. The molecule has 0 aliphatic rings. The third-order valence-electron chi connectivity index (χ3n) is 4.73. The highest BCUT2D eigenvalue weighted by atomic mass is 32.2. The van der Waals surface area contributed by atoms with E-state index in [1.54, 1.807) is 0 Å². The molecule has 0 spiro atoms. The standard InChI is InChI=1S/C22H21FN6O2S2/c1-3-29(4-2)17-11-5-14(6-12-17)20-26-28-22(31-20)32-13-18-25-27-21(33-18)19(30)24-16-9-7-15(23)8-10-16/h5-12H,3-4,13H2,1-2H3,(H,24,30). The lowest BCUT2D eigenvalue weighted by Crippen LogP contribution is -2.21. The first-order valence-electron chi connectivity index (χ1n) is 10.3. The van der Waals surface area contributed by atoms with Gasteiger partial charge in [0.15, 0.2) is 0 Å². The highest BCUT2D eigenvalue weighted by Gasteiger charge is 2.15. The summed E-state index contributed by atoms with van der Waals surface area (Å²) in [7, 11) is 0. The molecule has 0 saturated carbocycles. The monoisotopic (exact) mass is 484 g/mol. The van der Waals surface area contributed by atoms with Crippen LogP contribution in [0.5, 0.6) is 0 Å². The number of nitrogens with one attached hydrogen (secondary N) is 1. The minimum absolute atomic E-state index is 0.217. The van der Waals surface area contributed by atoms with Gasteiger partial charge in [-0.25, -0.2) is 4.39 Å². The van der Waals surface area contributed by atoms with Crippen LogP contribution in [-0.4, -0.2) is 39.4 Å². The van der Waals surface area contributed by atoms with Gasteiger partial charge in [0.2, 0.25) is 10.9 Å². The fraction of sp³-hybridized carbons (Fsp3) is 0.227. The molecule has 0 fully saturated rings. The lowest BCUT2D eigenvalue weighted by Gasteiger charge is -2.20. The largest absolute Gasteiger partial charge is 0.411 e. The Bertz CT molecular complexity index is 1210. The van der Waals surface area contributed by atoms with Crippen molar-refractivity contribution in [3.8, 4) is 11.5 Å². The van der Waals surface area contributed by atoms with Crippen LogP contribution >= 0.6 is 23.1 Å². The Balaban J connectivity index is 1.33. The molecule has 1 amide bonds. The van der Waals surface area contributed by atoms with E-state index in [9.17, 15) is 9.18 Å². The second-order valence-electron chi connectivity index (χ2n) is 6.84. The van der Waals surface area contributed by atoms with Gasteiger partial charge in [0.25, 0.3) is 11.1 Å². The number of hydrogen-bond acceptors (Lipinski definition) is 9. The van der Waals surface area contributed by atoms with E-state index in [0.717, 1.165) is 24.3 Å². The normalized spacial score (nSPS) is 10.9. The fourth-order valence-electron chi connectivity index (χ4n) is 3.03. The molecule has 0 aliphatic carbocycles. The molecule has 0 aliphatic heterocycles. The van der Waals surface area contributed by atoms with Crippen LogP contribution < -0.4 is 10.2 Å². The topological polar surface area (TPSA) is 97.0 Å². The maximum atomic E-state index is 13.0. The first-order valence-corrected chi connectivity index (χ1v) is 12.1. The molecule has 0 saturated heterocycles. The summed E-state index contributed by atoms with van der Waals surface area (Å²) >= 11 is 2.49. The van der Waals surface area contributed by atoms with E-state index in [-0.39, 0.29) is 10.8 Å². The number of halogens is 1. The number of anilines is 2. The van der Waals surface area contributed by atoms with Crippen LogP contribution in [0.15, 0.2) is 58.2 Å². The van der Waals surface area contributed by atoms with Gasteiger partial charge in [0.1, 0.15) is 10.8 Å². The van der Waals surface area contributed by atoms with E-state index in [1.165, 1.54) is 47.4 Å². The molecular weight excluding hydrogens is 463 g/mol. The number of thioether (sulfide) groups is 1. The molecule has 8 nitrogen and oxygen atoms in total. The molecule has 2 heterocycles. The third-order valence-corrected chi connectivity index (χ3v) is 6.67. The summed E-state index contributed by atoms with van der Waals surface area (Å²) in [6.45, 7) is 6.13. The molecule has 170 valence electrons. The lowest BCUT2D eigenvalue weighted by molar-refractivity contribution is 0.102. The zero-order valence-corrected chi connectivity index (χ0v) is 19.6. The van der Waals surface area contributed by atoms with Crippen molar-refractivity contribution in [3.05, 3.63) is 64.4 Å². The van der Waals surface area contributed by atoms with E-state index in [1.807, 2.05) is 24.3 Å². The van der Waals surface area contributed by atoms with Crippen LogP contribution in [0.2, 0.25) is 0 Å². The second kappa shape index (κ2) is 10.5. The first-order chi connectivity index (χ1) is 16.1. The van der Waals surface area contributed by atoms with Crippen LogP contribution in [-0.2, 0) is 5.75 Å². The second-order valence-corrected chi connectivity index (χ2v) is 8.83. The van der Waals surface area contributed by atoms with Crippen molar-refractivity contribution in [1.82, 2.24) is 20.4 Å². The number of hydrogen-bond donors (Lipinski definition) is 1. The minimum atomic E-state index is -0.399. The van der Waals surface area contributed by atoms with Crippen LogP contribution in [0.4, 0.5) is 15.8 Å². The Morgan fingerprint density at radius 3 is 2.45 bits per heavy atom. The van der Waals surface area contributed by atoms with Crippen molar-refractivity contribution in [3.63, 3.8) is 0 Å². The van der Waals surface area contributed by atoms with Gasteiger partial charge in [-0.2, -0.15) is 0 Å². The van der Waals surface area contributed by atoms with Crippen molar-refractivity contribution in [2.24, 2.45) is 0 Å². The van der Waals surface area contributed by atoms with Gasteiger partial charge < -0.3 is 14.6 Å². The highest BCUT2D eigenvalue weighted by Crippen LogP contribution is 2.28. The number of amides is 1. The van der Waals surface area contributed by atoms with Crippen LogP contribution in [0, 0.1) is 5.82 Å². The molecule has 2 aromatic carbocycles. The van der Waals surface area contributed by atoms with Crippen LogP contribution in [0.1, 0.15) is 28.7 Å². The molecule has 33 heavy (non-hydrogen) atoms. The van der Waals surface area contributed by atoms with Crippen LogP contribution in [0.25, 0.3) is 11.5 Å². The van der Waals surface area contributed by atoms with E-state index in [0.29, 0.717) is 27.6 Å².